The van der Waals surface area contributed by atoms with E-state index in [4.69, 9.17) is 11.6 Å². The molecule has 42 heavy (non-hydrogen) atoms. The lowest BCUT2D eigenvalue weighted by Gasteiger charge is -2.48. The van der Waals surface area contributed by atoms with Crippen molar-refractivity contribution in [2.45, 2.75) is 152 Å². The summed E-state index contributed by atoms with van der Waals surface area (Å²) in [5.41, 5.74) is 1.15. The minimum Gasteiger partial charge on any atom is -0.335 e. The smallest absolute Gasteiger partial charge is 0.320 e. The third kappa shape index (κ3) is 6.49. The van der Waals surface area contributed by atoms with Gasteiger partial charge >= 0.3 is 6.03 Å². The maximum atomic E-state index is 14.5. The summed E-state index contributed by atoms with van der Waals surface area (Å²) in [4.78, 5) is 35.0. The summed E-state index contributed by atoms with van der Waals surface area (Å²) >= 11 is 6.20. The van der Waals surface area contributed by atoms with Gasteiger partial charge in [0.2, 0.25) is 5.91 Å². The lowest BCUT2D eigenvalue weighted by Crippen LogP contribution is -2.62. The Kier molecular flexibility index (Phi) is 9.66. The van der Waals surface area contributed by atoms with E-state index in [0.717, 1.165) is 75.0 Å². The number of rotatable bonds is 9. The van der Waals surface area contributed by atoms with Crippen LogP contribution in [0.25, 0.3) is 0 Å². The van der Waals surface area contributed by atoms with Crippen LogP contribution in [0, 0.1) is 0 Å². The van der Waals surface area contributed by atoms with Gasteiger partial charge in [-0.2, -0.15) is 0 Å². The fourth-order valence-corrected chi connectivity index (χ4v) is 9.22. The molecule has 1 aliphatic carbocycles. The van der Waals surface area contributed by atoms with Gasteiger partial charge in [0.1, 0.15) is 0 Å². The van der Waals surface area contributed by atoms with E-state index in [1.807, 2.05) is 17.0 Å². The van der Waals surface area contributed by atoms with Crippen molar-refractivity contribution in [3.8, 4) is 0 Å². The van der Waals surface area contributed by atoms with Crippen LogP contribution in [0.15, 0.2) is 24.3 Å². The van der Waals surface area contributed by atoms with Crippen molar-refractivity contribution in [2.75, 3.05) is 13.1 Å². The second kappa shape index (κ2) is 13.4. The Morgan fingerprint density at radius 2 is 1.50 bits per heavy atom. The van der Waals surface area contributed by atoms with Gasteiger partial charge in [0.05, 0.1) is 6.04 Å². The molecule has 1 saturated carbocycles. The Labute approximate surface area is 258 Å². The number of hydrogen-bond acceptors (Lipinski definition) is 4. The number of nitrogens with zero attached hydrogens (tertiary/aromatic N) is 3. The second-order valence-corrected chi connectivity index (χ2v) is 14.2. The van der Waals surface area contributed by atoms with Crippen LogP contribution >= 0.6 is 11.6 Å². The second-order valence-electron chi connectivity index (χ2n) is 13.8. The number of carbonyl (C=O) groups excluding carboxylic acids is 2. The van der Waals surface area contributed by atoms with Crippen LogP contribution in [0.5, 0.6) is 0 Å². The third-order valence-corrected chi connectivity index (χ3v) is 11.4. The maximum Gasteiger partial charge on any atom is 0.320 e. The van der Waals surface area contributed by atoms with E-state index >= 15 is 0 Å². The highest BCUT2D eigenvalue weighted by Crippen LogP contribution is 2.40. The number of fused-ring (bicyclic) bond motifs is 4. The highest BCUT2D eigenvalue weighted by atomic mass is 35.5. The monoisotopic (exact) mass is 597 g/mol. The number of halogens is 1. The van der Waals surface area contributed by atoms with Gasteiger partial charge in [-0.3, -0.25) is 4.79 Å². The van der Waals surface area contributed by atoms with Crippen molar-refractivity contribution in [1.82, 2.24) is 25.3 Å². The van der Waals surface area contributed by atoms with E-state index in [1.165, 1.54) is 32.1 Å². The van der Waals surface area contributed by atoms with Gasteiger partial charge in [0.25, 0.3) is 0 Å². The van der Waals surface area contributed by atoms with Crippen molar-refractivity contribution in [3.63, 3.8) is 0 Å². The molecule has 5 fully saturated rings. The molecule has 232 valence electrons. The summed E-state index contributed by atoms with van der Waals surface area (Å²) < 4.78 is 0. The molecule has 2 N–H and O–H groups in total. The Hall–Kier alpha value is -1.83. The molecule has 7 nitrogen and oxygen atoms in total. The van der Waals surface area contributed by atoms with Crippen LogP contribution in [0.2, 0.25) is 5.02 Å². The standard InChI is InChI=1S/C34H52ClN5O2/c1-3-38(4-2)34(42)40(28-8-6-5-7-9-28)31-21-29-16-17-30(22-31)39(29)33(41)32(18-23-10-12-24(35)13-11-23)37-27-19-25-14-15-26(20-27)36-25/h10-13,25-32,36-37H,3-9,14-22H2,1-2H3/t25?,26?,27?,29?,30?,31?,32-/m0/s1. The topological polar surface area (TPSA) is 67.9 Å². The summed E-state index contributed by atoms with van der Waals surface area (Å²) in [6.07, 6.45) is 15.3. The van der Waals surface area contributed by atoms with Gasteiger partial charge in [0, 0.05) is 60.4 Å². The van der Waals surface area contributed by atoms with Crippen molar-refractivity contribution < 1.29 is 9.59 Å². The van der Waals surface area contributed by atoms with Crippen molar-refractivity contribution >= 4 is 23.5 Å². The minimum atomic E-state index is -0.236. The molecule has 4 heterocycles. The fraction of sp³-hybridized carbons (Fsp3) is 0.765. The van der Waals surface area contributed by atoms with Crippen LogP contribution in [0.1, 0.15) is 103 Å². The summed E-state index contributed by atoms with van der Waals surface area (Å²) in [5.74, 6) is 0.265. The summed E-state index contributed by atoms with van der Waals surface area (Å²) in [7, 11) is 0. The molecule has 1 aromatic rings. The van der Waals surface area contributed by atoms with Crippen molar-refractivity contribution in [2.24, 2.45) is 0 Å². The lowest BCUT2D eigenvalue weighted by molar-refractivity contribution is -0.139. The summed E-state index contributed by atoms with van der Waals surface area (Å²) in [5, 5.41) is 8.36. The molecule has 8 heteroatoms. The van der Waals surface area contributed by atoms with E-state index < -0.39 is 0 Å². The van der Waals surface area contributed by atoms with Crippen LogP contribution in [0.4, 0.5) is 4.79 Å². The van der Waals surface area contributed by atoms with Crippen LogP contribution in [0.3, 0.4) is 0 Å². The molecule has 0 aromatic heterocycles. The van der Waals surface area contributed by atoms with Crippen LogP contribution < -0.4 is 10.6 Å². The average Bonchev–Trinajstić information content (AvgIpc) is 3.48. The normalized spacial score (nSPS) is 31.6. The molecule has 3 amide bonds. The van der Waals surface area contributed by atoms with E-state index in [9.17, 15) is 9.59 Å². The molecular weight excluding hydrogens is 546 g/mol. The molecule has 4 bridgehead atoms. The zero-order valence-electron chi connectivity index (χ0n) is 25.8. The van der Waals surface area contributed by atoms with Gasteiger partial charge in [-0.15, -0.1) is 0 Å². The predicted octanol–water partition coefficient (Wildman–Crippen LogP) is 5.74. The number of piperidine rings is 2. The first kappa shape index (κ1) is 30.2. The van der Waals surface area contributed by atoms with Crippen molar-refractivity contribution in [1.29, 1.82) is 0 Å². The molecule has 5 atom stereocenters. The Morgan fingerprint density at radius 3 is 2.10 bits per heavy atom. The predicted molar refractivity (Wildman–Crippen MR) is 169 cm³/mol. The molecule has 4 unspecified atom stereocenters. The molecule has 5 aliphatic rings. The molecule has 4 saturated heterocycles. The molecule has 6 rings (SSSR count). The van der Waals surface area contributed by atoms with E-state index in [0.29, 0.717) is 30.6 Å². The Morgan fingerprint density at radius 1 is 0.881 bits per heavy atom. The lowest BCUT2D eigenvalue weighted by atomic mass is 9.89. The largest absolute Gasteiger partial charge is 0.335 e. The molecule has 0 radical (unpaired) electrons. The molecule has 1 aromatic carbocycles. The first-order valence-electron chi connectivity index (χ1n) is 17.1. The SMILES string of the molecule is CCN(CC)C(=O)N(C1CCCCC1)C1CC2CCC(C1)N2C(=O)[C@H](Cc1ccc(Cl)cc1)NC1CC2CCC(C1)N2. The minimum absolute atomic E-state index is 0.218. The number of hydrogen-bond donors (Lipinski definition) is 2. The fourth-order valence-electron chi connectivity index (χ4n) is 9.09. The van der Waals surface area contributed by atoms with Gasteiger partial charge < -0.3 is 25.3 Å². The van der Waals surface area contributed by atoms with E-state index in [-0.39, 0.29) is 36.1 Å². The first-order chi connectivity index (χ1) is 20.4. The van der Waals surface area contributed by atoms with E-state index in [2.05, 4.69) is 46.4 Å². The van der Waals surface area contributed by atoms with Gasteiger partial charge in [-0.05, 0) is 102 Å². The van der Waals surface area contributed by atoms with Gasteiger partial charge in [-0.25, -0.2) is 4.79 Å². The number of benzene rings is 1. The summed E-state index contributed by atoms with van der Waals surface area (Å²) in [6, 6.07) is 10.5. The first-order valence-corrected chi connectivity index (χ1v) is 17.5. The van der Waals surface area contributed by atoms with Crippen molar-refractivity contribution in [3.05, 3.63) is 34.9 Å². The number of amides is 3. The average molecular weight is 598 g/mol. The number of nitrogens with one attached hydrogen (secondary N) is 2. The van der Waals surface area contributed by atoms with Crippen LogP contribution in [-0.2, 0) is 11.2 Å². The zero-order chi connectivity index (χ0) is 29.2. The maximum absolute atomic E-state index is 14.5. The Bertz CT molecular complexity index is 1050. The third-order valence-electron chi connectivity index (χ3n) is 11.1. The van der Waals surface area contributed by atoms with E-state index in [1.54, 1.807) is 0 Å². The molecular formula is C34H52ClN5O2. The quantitative estimate of drug-likeness (QED) is 0.381. The zero-order valence-corrected chi connectivity index (χ0v) is 26.5. The highest BCUT2D eigenvalue weighted by Gasteiger charge is 2.48. The highest BCUT2D eigenvalue weighted by molar-refractivity contribution is 6.30. The van der Waals surface area contributed by atoms with Crippen LogP contribution in [-0.4, -0.2) is 88.1 Å². The number of carbonyl (C=O) groups is 2. The molecule has 4 aliphatic heterocycles. The van der Waals surface area contributed by atoms with Gasteiger partial charge in [-0.1, -0.05) is 43.0 Å². The number of urea groups is 1. The Balaban J connectivity index is 1.20. The summed E-state index contributed by atoms with van der Waals surface area (Å²) in [6.45, 7) is 5.68. The molecule has 0 spiro atoms. The van der Waals surface area contributed by atoms with Gasteiger partial charge in [0.15, 0.2) is 0 Å².